The molecule has 0 amide bonds. The molecule has 0 saturated heterocycles. The quantitative estimate of drug-likeness (QED) is 0.718. The molecule has 5 rings (SSSR count). The van der Waals surface area contributed by atoms with Crippen molar-refractivity contribution in [2.45, 2.75) is 39.0 Å². The van der Waals surface area contributed by atoms with Crippen LogP contribution >= 0.6 is 0 Å². The molecule has 1 N–H and O–H groups in total. The van der Waals surface area contributed by atoms with Gasteiger partial charge in [0.05, 0.1) is 18.1 Å². The molecule has 2 aliphatic heterocycles. The number of fused-ring (bicyclic) bond motifs is 4. The van der Waals surface area contributed by atoms with Crippen molar-refractivity contribution in [1.82, 2.24) is 24.6 Å². The zero-order valence-electron chi connectivity index (χ0n) is 16.8. The van der Waals surface area contributed by atoms with E-state index in [9.17, 15) is 0 Å². The highest BCUT2D eigenvalue weighted by molar-refractivity contribution is 6.14. The van der Waals surface area contributed by atoms with E-state index < -0.39 is 0 Å². The van der Waals surface area contributed by atoms with E-state index in [0.717, 1.165) is 60.3 Å². The maximum absolute atomic E-state index is 4.86. The lowest BCUT2D eigenvalue weighted by Gasteiger charge is -2.21. The highest BCUT2D eigenvalue weighted by atomic mass is 15.5. The summed E-state index contributed by atoms with van der Waals surface area (Å²) in [6.07, 6.45) is 11.4. The van der Waals surface area contributed by atoms with Crippen LogP contribution in [0.1, 0.15) is 37.7 Å². The fourth-order valence-electron chi connectivity index (χ4n) is 3.94. The topological polar surface area (TPSA) is 86.8 Å². The van der Waals surface area contributed by atoms with Crippen LogP contribution < -0.4 is 15.1 Å². The lowest BCUT2D eigenvalue weighted by molar-refractivity contribution is 0.614. The molecule has 0 atom stereocenters. The summed E-state index contributed by atoms with van der Waals surface area (Å²) < 4.78 is 1.74. The number of aryl methyl sites for hydroxylation is 1. The Morgan fingerprint density at radius 3 is 2.86 bits per heavy atom. The third-order valence-corrected chi connectivity index (χ3v) is 5.57. The number of hydrogen-bond donors (Lipinski definition) is 1. The summed E-state index contributed by atoms with van der Waals surface area (Å²) >= 11 is 0. The zero-order valence-corrected chi connectivity index (χ0v) is 16.8. The Bertz CT molecular complexity index is 1070. The fraction of sp³-hybridized carbons (Fsp3) is 0.450. The summed E-state index contributed by atoms with van der Waals surface area (Å²) in [4.78, 5) is 22.8. The smallest absolute Gasteiger partial charge is 0.229 e. The van der Waals surface area contributed by atoms with Gasteiger partial charge in [0.15, 0.2) is 11.5 Å². The Hall–Kier alpha value is -3.23. The van der Waals surface area contributed by atoms with Crippen LogP contribution in [0.15, 0.2) is 29.8 Å². The molecule has 0 bridgehead atoms. The molecule has 150 valence electrons. The summed E-state index contributed by atoms with van der Waals surface area (Å²) in [5.41, 5.74) is 3.78. The summed E-state index contributed by atoms with van der Waals surface area (Å²) in [5, 5.41) is 7.56. The molecule has 0 fully saturated rings. The van der Waals surface area contributed by atoms with Gasteiger partial charge >= 0.3 is 0 Å². The maximum atomic E-state index is 4.86. The van der Waals surface area contributed by atoms with E-state index in [2.05, 4.69) is 30.2 Å². The standard InChI is InChI=1S/C20H25N9/c1-14-10-17-23-13-24-29(17)12-15(14)25-19-22-11-16-18(26-19)28-9-7-5-3-4-6-8-21-20(28)27(16)2/h10-13H,3-9H2,1-2H3,(H,22,25,26)/b21-20-. The molecule has 9 heteroatoms. The lowest BCUT2D eigenvalue weighted by atomic mass is 10.1. The summed E-state index contributed by atoms with van der Waals surface area (Å²) in [6.45, 7) is 3.82. The van der Waals surface area contributed by atoms with Crippen LogP contribution in [-0.4, -0.2) is 50.7 Å². The number of nitrogens with one attached hydrogen (secondary N) is 1. The van der Waals surface area contributed by atoms with Crippen molar-refractivity contribution in [1.29, 1.82) is 0 Å². The van der Waals surface area contributed by atoms with Gasteiger partial charge in [0.1, 0.15) is 12.0 Å². The first kappa shape index (κ1) is 17.8. The van der Waals surface area contributed by atoms with Crippen molar-refractivity contribution in [3.63, 3.8) is 0 Å². The average Bonchev–Trinajstić information content (AvgIpc) is 3.28. The third kappa shape index (κ3) is 3.26. The van der Waals surface area contributed by atoms with Crippen LogP contribution in [0.5, 0.6) is 0 Å². The molecular weight excluding hydrogens is 366 g/mol. The van der Waals surface area contributed by atoms with E-state index >= 15 is 0 Å². The second kappa shape index (κ2) is 7.31. The number of guanidine groups is 1. The van der Waals surface area contributed by atoms with Gasteiger partial charge in [-0.15, -0.1) is 0 Å². The SMILES string of the molecule is Cc1cc2ncnn2cc1Nc1ncc2c(n1)N1CCCCCCC/N=C\1N2C. The minimum absolute atomic E-state index is 0.568. The number of aromatic nitrogens is 5. The van der Waals surface area contributed by atoms with E-state index in [0.29, 0.717) is 5.95 Å². The van der Waals surface area contributed by atoms with Crippen LogP contribution in [0, 0.1) is 6.92 Å². The van der Waals surface area contributed by atoms with E-state index in [4.69, 9.17) is 9.98 Å². The van der Waals surface area contributed by atoms with Crippen molar-refractivity contribution in [3.05, 3.63) is 30.4 Å². The van der Waals surface area contributed by atoms with Crippen LogP contribution in [0.25, 0.3) is 5.65 Å². The van der Waals surface area contributed by atoms with E-state index in [1.54, 1.807) is 10.8 Å². The predicted molar refractivity (Wildman–Crippen MR) is 114 cm³/mol. The van der Waals surface area contributed by atoms with Gasteiger partial charge in [-0.3, -0.25) is 9.89 Å². The number of hydrogen-bond acceptors (Lipinski definition) is 8. The molecule has 3 aromatic rings. The number of anilines is 4. The second-order valence-electron chi connectivity index (χ2n) is 7.62. The Labute approximate surface area is 169 Å². The van der Waals surface area contributed by atoms with Crippen molar-refractivity contribution >= 4 is 34.7 Å². The lowest BCUT2D eigenvalue weighted by Crippen LogP contribution is -2.37. The number of rotatable bonds is 2. The molecule has 0 aromatic carbocycles. The van der Waals surface area contributed by atoms with Crippen LogP contribution in [0.2, 0.25) is 0 Å². The highest BCUT2D eigenvalue weighted by Gasteiger charge is 2.32. The van der Waals surface area contributed by atoms with Gasteiger partial charge in [-0.2, -0.15) is 10.1 Å². The van der Waals surface area contributed by atoms with Gasteiger partial charge < -0.3 is 10.2 Å². The van der Waals surface area contributed by atoms with Gasteiger partial charge in [-0.25, -0.2) is 14.5 Å². The zero-order chi connectivity index (χ0) is 19.8. The molecule has 3 aromatic heterocycles. The van der Waals surface area contributed by atoms with Gasteiger partial charge in [0, 0.05) is 20.1 Å². The van der Waals surface area contributed by atoms with E-state index in [1.807, 2.05) is 32.4 Å². The first-order valence-electron chi connectivity index (χ1n) is 10.2. The number of nitrogens with zero attached hydrogens (tertiary/aromatic N) is 8. The third-order valence-electron chi connectivity index (χ3n) is 5.57. The predicted octanol–water partition coefficient (Wildman–Crippen LogP) is 3.15. The maximum Gasteiger partial charge on any atom is 0.229 e. The summed E-state index contributed by atoms with van der Waals surface area (Å²) in [5.74, 6) is 2.47. The van der Waals surface area contributed by atoms with Crippen LogP contribution in [0.4, 0.5) is 23.1 Å². The van der Waals surface area contributed by atoms with Crippen molar-refractivity contribution in [2.24, 2.45) is 4.99 Å². The van der Waals surface area contributed by atoms with Crippen LogP contribution in [0.3, 0.4) is 0 Å². The minimum atomic E-state index is 0.568. The van der Waals surface area contributed by atoms with Gasteiger partial charge in [0.25, 0.3) is 0 Å². The molecule has 0 saturated carbocycles. The van der Waals surface area contributed by atoms with Crippen LogP contribution in [-0.2, 0) is 0 Å². The van der Waals surface area contributed by atoms with E-state index in [1.165, 1.54) is 19.3 Å². The minimum Gasteiger partial charge on any atom is -0.323 e. The fourth-order valence-corrected chi connectivity index (χ4v) is 3.94. The van der Waals surface area contributed by atoms with Gasteiger partial charge in [-0.05, 0) is 31.4 Å². The Kier molecular flexibility index (Phi) is 4.49. The molecular formula is C20H25N9. The number of aliphatic imine (C=N–C) groups is 1. The molecule has 0 radical (unpaired) electrons. The molecule has 0 aliphatic carbocycles. The Morgan fingerprint density at radius 1 is 1.07 bits per heavy atom. The normalized spacial score (nSPS) is 18.9. The largest absolute Gasteiger partial charge is 0.323 e. The van der Waals surface area contributed by atoms with Gasteiger partial charge in [-0.1, -0.05) is 19.3 Å². The molecule has 2 aliphatic rings. The van der Waals surface area contributed by atoms with Crippen molar-refractivity contribution < 1.29 is 0 Å². The van der Waals surface area contributed by atoms with Gasteiger partial charge in [0.2, 0.25) is 11.9 Å². The first-order valence-corrected chi connectivity index (χ1v) is 10.2. The molecule has 9 nitrogen and oxygen atoms in total. The second-order valence-corrected chi connectivity index (χ2v) is 7.62. The highest BCUT2D eigenvalue weighted by Crippen LogP contribution is 2.35. The molecule has 0 unspecified atom stereocenters. The Balaban J connectivity index is 1.48. The number of pyridine rings is 1. The van der Waals surface area contributed by atoms with Crippen molar-refractivity contribution in [2.75, 3.05) is 35.3 Å². The molecule has 5 heterocycles. The van der Waals surface area contributed by atoms with E-state index in [-0.39, 0.29) is 0 Å². The van der Waals surface area contributed by atoms with Crippen molar-refractivity contribution in [3.8, 4) is 0 Å². The molecule has 29 heavy (non-hydrogen) atoms. The summed E-state index contributed by atoms with van der Waals surface area (Å²) in [6, 6.07) is 1.99. The average molecular weight is 391 g/mol. The monoisotopic (exact) mass is 391 g/mol. The summed E-state index contributed by atoms with van der Waals surface area (Å²) in [7, 11) is 2.04. The first-order chi connectivity index (χ1) is 14.2. The Morgan fingerprint density at radius 2 is 1.93 bits per heavy atom. The molecule has 0 spiro atoms.